The van der Waals surface area contributed by atoms with Crippen molar-refractivity contribution in [3.8, 4) is 11.1 Å². The van der Waals surface area contributed by atoms with Gasteiger partial charge in [-0.25, -0.2) is 4.79 Å². The van der Waals surface area contributed by atoms with Crippen LogP contribution in [0.1, 0.15) is 39.1 Å². The predicted octanol–water partition coefficient (Wildman–Crippen LogP) is 4.84. The first kappa shape index (κ1) is 23.8. The molecule has 0 unspecified atom stereocenters. The summed E-state index contributed by atoms with van der Waals surface area (Å²) in [5, 5.41) is 2.91. The van der Waals surface area contributed by atoms with Gasteiger partial charge < -0.3 is 14.5 Å². The van der Waals surface area contributed by atoms with Gasteiger partial charge in [0.2, 0.25) is 0 Å². The van der Waals surface area contributed by atoms with Crippen LogP contribution in [0.25, 0.3) is 11.1 Å². The number of hydrogen-bond acceptors (Lipinski definition) is 5. The van der Waals surface area contributed by atoms with E-state index in [0.717, 1.165) is 61.1 Å². The number of carbonyl (C=O) groups is 3. The maximum atomic E-state index is 12.7. The fourth-order valence-corrected chi connectivity index (χ4v) is 4.92. The molecule has 0 atom stereocenters. The maximum Gasteiger partial charge on any atom is 0.411 e. The summed E-state index contributed by atoms with van der Waals surface area (Å²) in [4.78, 5) is 40.4. The lowest BCUT2D eigenvalue weighted by atomic mass is 10.0. The molecular formula is C29H29N3O4. The average molecular weight is 484 g/mol. The second-order valence-corrected chi connectivity index (χ2v) is 9.24. The van der Waals surface area contributed by atoms with Crippen LogP contribution in [0.3, 0.4) is 0 Å². The SMILES string of the molecule is O=Cc1ccc2c(c1)CN(CCN1CCC(OC(=O)Nc3ccccc3-c3ccccc3)CC1)C2=O. The largest absolute Gasteiger partial charge is 0.446 e. The molecule has 0 bridgehead atoms. The highest BCUT2D eigenvalue weighted by molar-refractivity contribution is 5.99. The van der Waals surface area contributed by atoms with Gasteiger partial charge in [0.15, 0.2) is 0 Å². The summed E-state index contributed by atoms with van der Waals surface area (Å²) >= 11 is 0. The summed E-state index contributed by atoms with van der Waals surface area (Å²) in [5.74, 6) is 0.0214. The third kappa shape index (κ3) is 5.31. The minimum atomic E-state index is -0.438. The summed E-state index contributed by atoms with van der Waals surface area (Å²) in [7, 11) is 0. The number of benzene rings is 3. The topological polar surface area (TPSA) is 79.0 Å². The molecule has 36 heavy (non-hydrogen) atoms. The van der Waals surface area contributed by atoms with E-state index in [4.69, 9.17) is 4.74 Å². The van der Waals surface area contributed by atoms with Crippen molar-refractivity contribution in [3.63, 3.8) is 0 Å². The molecule has 2 aliphatic heterocycles. The molecule has 0 saturated carbocycles. The second-order valence-electron chi connectivity index (χ2n) is 9.24. The molecule has 7 nitrogen and oxygen atoms in total. The number of carbonyl (C=O) groups excluding carboxylic acids is 3. The molecule has 0 aliphatic carbocycles. The smallest absolute Gasteiger partial charge is 0.411 e. The lowest BCUT2D eigenvalue weighted by Gasteiger charge is -2.32. The molecule has 5 rings (SSSR count). The molecule has 3 aromatic carbocycles. The number of likely N-dealkylation sites (tertiary alicyclic amines) is 1. The van der Waals surface area contributed by atoms with E-state index in [1.54, 1.807) is 18.2 Å². The van der Waals surface area contributed by atoms with Crippen LogP contribution in [0.5, 0.6) is 0 Å². The lowest BCUT2D eigenvalue weighted by molar-refractivity contribution is 0.0528. The standard InChI is InChI=1S/C29H29N3O4/c33-20-21-10-11-26-23(18-21)19-32(28(26)34)17-16-31-14-12-24(13-15-31)36-29(35)30-27-9-5-4-8-25(27)22-6-2-1-3-7-22/h1-11,18,20,24H,12-17,19H2,(H,30,35). The van der Waals surface area contributed by atoms with Crippen molar-refractivity contribution in [2.24, 2.45) is 0 Å². The number of nitrogens with zero attached hydrogens (tertiary/aromatic N) is 2. The van der Waals surface area contributed by atoms with E-state index >= 15 is 0 Å². The van der Waals surface area contributed by atoms with Crippen LogP contribution in [-0.4, -0.2) is 60.4 Å². The zero-order chi connectivity index (χ0) is 24.9. The summed E-state index contributed by atoms with van der Waals surface area (Å²) in [6.45, 7) is 3.56. The molecule has 2 aliphatic rings. The first-order chi connectivity index (χ1) is 17.6. The molecule has 184 valence electrons. The normalized spacial score (nSPS) is 16.0. The fourth-order valence-electron chi connectivity index (χ4n) is 4.92. The molecule has 1 saturated heterocycles. The minimum absolute atomic E-state index is 0.0214. The molecular weight excluding hydrogens is 454 g/mol. The van der Waals surface area contributed by atoms with Crippen LogP contribution in [0, 0.1) is 0 Å². The first-order valence-electron chi connectivity index (χ1n) is 12.3. The molecule has 0 radical (unpaired) electrons. The molecule has 2 heterocycles. The Bertz CT molecular complexity index is 1250. The molecule has 1 N–H and O–H groups in total. The summed E-state index contributed by atoms with van der Waals surface area (Å²) in [6.07, 6.45) is 1.74. The predicted molar refractivity (Wildman–Crippen MR) is 138 cm³/mol. The van der Waals surface area contributed by atoms with E-state index < -0.39 is 6.09 Å². The Kier molecular flexibility index (Phi) is 7.09. The Morgan fingerprint density at radius 1 is 0.944 bits per heavy atom. The van der Waals surface area contributed by atoms with Crippen molar-refractivity contribution < 1.29 is 19.1 Å². The Hall–Kier alpha value is -3.97. The van der Waals surface area contributed by atoms with Crippen LogP contribution in [0.4, 0.5) is 10.5 Å². The monoisotopic (exact) mass is 483 g/mol. The third-order valence-electron chi connectivity index (χ3n) is 6.89. The van der Waals surface area contributed by atoms with Crippen molar-refractivity contribution in [1.29, 1.82) is 0 Å². The van der Waals surface area contributed by atoms with Crippen LogP contribution >= 0.6 is 0 Å². The van der Waals surface area contributed by atoms with Gasteiger partial charge in [-0.15, -0.1) is 0 Å². The van der Waals surface area contributed by atoms with E-state index in [1.165, 1.54) is 0 Å². The highest BCUT2D eigenvalue weighted by Gasteiger charge is 2.28. The molecule has 7 heteroatoms. The molecule has 0 aromatic heterocycles. The van der Waals surface area contributed by atoms with Crippen molar-refractivity contribution in [3.05, 3.63) is 89.5 Å². The van der Waals surface area contributed by atoms with Crippen molar-refractivity contribution >= 4 is 24.0 Å². The number of fused-ring (bicyclic) bond motifs is 1. The van der Waals surface area contributed by atoms with E-state index in [0.29, 0.717) is 24.2 Å². The summed E-state index contributed by atoms with van der Waals surface area (Å²) in [5.41, 5.74) is 4.90. The van der Waals surface area contributed by atoms with Crippen LogP contribution in [-0.2, 0) is 11.3 Å². The van der Waals surface area contributed by atoms with Gasteiger partial charge in [0.1, 0.15) is 12.4 Å². The van der Waals surface area contributed by atoms with E-state index in [-0.39, 0.29) is 12.0 Å². The van der Waals surface area contributed by atoms with E-state index in [2.05, 4.69) is 10.2 Å². The lowest BCUT2D eigenvalue weighted by Crippen LogP contribution is -2.42. The Balaban J connectivity index is 1.08. The fraction of sp³-hybridized carbons (Fsp3) is 0.276. The van der Waals surface area contributed by atoms with Gasteiger partial charge in [0.25, 0.3) is 5.91 Å². The number of para-hydroxylation sites is 1. The number of rotatable bonds is 7. The molecule has 2 amide bonds. The van der Waals surface area contributed by atoms with Crippen molar-refractivity contribution in [1.82, 2.24) is 9.80 Å². The van der Waals surface area contributed by atoms with Gasteiger partial charge in [-0.1, -0.05) is 54.6 Å². The first-order valence-corrected chi connectivity index (χ1v) is 12.3. The van der Waals surface area contributed by atoms with Crippen LogP contribution in [0.2, 0.25) is 0 Å². The summed E-state index contributed by atoms with van der Waals surface area (Å²) in [6, 6.07) is 22.9. The second kappa shape index (κ2) is 10.7. The third-order valence-corrected chi connectivity index (χ3v) is 6.89. The number of nitrogens with one attached hydrogen (secondary N) is 1. The average Bonchev–Trinajstić information content (AvgIpc) is 3.23. The van der Waals surface area contributed by atoms with E-state index in [1.807, 2.05) is 59.5 Å². The van der Waals surface area contributed by atoms with Gasteiger partial charge in [0.05, 0.1) is 5.69 Å². The number of piperidine rings is 1. The number of ether oxygens (including phenoxy) is 1. The molecule has 3 aromatic rings. The van der Waals surface area contributed by atoms with Crippen LogP contribution in [0.15, 0.2) is 72.8 Å². The van der Waals surface area contributed by atoms with E-state index in [9.17, 15) is 14.4 Å². The van der Waals surface area contributed by atoms with Gasteiger partial charge in [-0.05, 0) is 42.2 Å². The highest BCUT2D eigenvalue weighted by Crippen LogP contribution is 2.28. The van der Waals surface area contributed by atoms with Gasteiger partial charge in [-0.2, -0.15) is 0 Å². The quantitative estimate of drug-likeness (QED) is 0.487. The van der Waals surface area contributed by atoms with Crippen molar-refractivity contribution in [2.45, 2.75) is 25.5 Å². The number of aldehydes is 1. The Morgan fingerprint density at radius 3 is 2.47 bits per heavy atom. The Morgan fingerprint density at radius 2 is 1.69 bits per heavy atom. The number of amides is 2. The minimum Gasteiger partial charge on any atom is -0.446 e. The zero-order valence-electron chi connectivity index (χ0n) is 20.1. The van der Waals surface area contributed by atoms with Gasteiger partial charge >= 0.3 is 6.09 Å². The highest BCUT2D eigenvalue weighted by atomic mass is 16.6. The van der Waals surface area contributed by atoms with Crippen LogP contribution < -0.4 is 5.32 Å². The molecule has 1 fully saturated rings. The molecule has 0 spiro atoms. The summed E-state index contributed by atoms with van der Waals surface area (Å²) < 4.78 is 5.72. The van der Waals surface area contributed by atoms with Crippen molar-refractivity contribution in [2.75, 3.05) is 31.5 Å². The number of hydrogen-bond donors (Lipinski definition) is 1. The maximum absolute atomic E-state index is 12.7. The van der Waals surface area contributed by atoms with Gasteiger partial charge in [-0.3, -0.25) is 14.9 Å². The number of anilines is 1. The zero-order valence-corrected chi connectivity index (χ0v) is 20.1. The Labute approximate surface area is 210 Å². The van der Waals surface area contributed by atoms with Gasteiger partial charge in [0, 0.05) is 49.4 Å².